The number of carbonyl (C=O) groups is 2. The van der Waals surface area contributed by atoms with Gasteiger partial charge in [-0.3, -0.25) is 9.59 Å². The molecule has 0 fully saturated rings. The first-order chi connectivity index (χ1) is 22.9. The van der Waals surface area contributed by atoms with Crippen LogP contribution in [0.5, 0.6) is 5.75 Å². The Kier molecular flexibility index (Phi) is 16.0. The van der Waals surface area contributed by atoms with E-state index in [4.69, 9.17) is 14.3 Å². The lowest BCUT2D eigenvalue weighted by atomic mass is 9.97. The monoisotopic (exact) mass is 660 g/mol. The number of aldehydes is 1. The number of alkyl halides is 1. The standard InChI is InChI=1S/C15H15NO2.C9H11N3.C9H6O2.C2H6.CH3Cl.CH4O/c1-10-4-3-5-12-14(18-2)8-13-11(15(10)12)6-7-16(13)9-17;1-7-5-12-6-8(10-2)3-4-9(12)11-7;10-6-8-5-7-3-1-2-4-9(7)11-8;3*1-2/h3-5,8-9H,6-7H2,1-2H3;3-6,10H,1-2H3;1-6H;1-2H3;1H3;2H,1H3. The zero-order chi connectivity index (χ0) is 34.9. The van der Waals surface area contributed by atoms with Crippen LogP contribution in [0.2, 0.25) is 0 Å². The van der Waals surface area contributed by atoms with Crippen molar-refractivity contribution in [2.75, 3.05) is 44.4 Å². The minimum Gasteiger partial charge on any atom is -0.496 e. The molecule has 6 aromatic rings. The van der Waals surface area contributed by atoms with Gasteiger partial charge in [0.15, 0.2) is 12.0 Å². The molecule has 250 valence electrons. The van der Waals surface area contributed by atoms with E-state index in [0.29, 0.717) is 12.0 Å². The number of nitrogens with zero attached hydrogens (tertiary/aromatic N) is 3. The van der Waals surface area contributed by atoms with E-state index in [2.05, 4.69) is 41.0 Å². The summed E-state index contributed by atoms with van der Waals surface area (Å²) in [5, 5.41) is 13.4. The molecule has 0 bridgehead atoms. The molecule has 0 unspecified atom stereocenters. The van der Waals surface area contributed by atoms with Crippen molar-refractivity contribution in [3.05, 3.63) is 102 Å². The molecule has 1 amide bonds. The predicted octanol–water partition coefficient (Wildman–Crippen LogP) is 8.10. The second kappa shape index (κ2) is 19.6. The van der Waals surface area contributed by atoms with E-state index in [0.717, 1.165) is 71.3 Å². The Morgan fingerprint density at radius 1 is 0.979 bits per heavy atom. The maximum absolute atomic E-state index is 11.1. The molecule has 3 aromatic carbocycles. The molecule has 0 saturated carbocycles. The van der Waals surface area contributed by atoms with Crippen molar-refractivity contribution >= 4 is 63.1 Å². The number of aryl methyl sites for hydroxylation is 2. The minimum atomic E-state index is 0.381. The highest BCUT2D eigenvalue weighted by Crippen LogP contribution is 2.40. The number of fused-ring (bicyclic) bond motifs is 5. The number of hydrogen-bond donors (Lipinski definition) is 2. The van der Waals surface area contributed by atoms with Crippen molar-refractivity contribution in [3.8, 4) is 5.75 Å². The fourth-order valence-corrected chi connectivity index (χ4v) is 5.16. The molecule has 0 saturated heterocycles. The number of para-hydroxylation sites is 1. The van der Waals surface area contributed by atoms with Gasteiger partial charge in [-0.15, -0.1) is 11.6 Å². The number of rotatable bonds is 4. The number of furan rings is 1. The van der Waals surface area contributed by atoms with Gasteiger partial charge in [-0.2, -0.15) is 0 Å². The summed E-state index contributed by atoms with van der Waals surface area (Å²) in [6, 6.07) is 21.5. The zero-order valence-electron chi connectivity index (χ0n) is 28.4. The molecule has 0 aliphatic carbocycles. The lowest BCUT2D eigenvalue weighted by Crippen LogP contribution is -2.17. The van der Waals surface area contributed by atoms with Crippen molar-refractivity contribution in [1.29, 1.82) is 0 Å². The Balaban J connectivity index is 0.000000234. The molecular weight excluding hydrogens is 616 g/mol. The van der Waals surface area contributed by atoms with Gasteiger partial charge in [0.1, 0.15) is 17.0 Å². The number of ether oxygens (including phenoxy) is 1. The second-order valence-corrected chi connectivity index (χ2v) is 9.74. The summed E-state index contributed by atoms with van der Waals surface area (Å²) in [4.78, 5) is 27.4. The van der Waals surface area contributed by atoms with Crippen LogP contribution in [-0.2, 0) is 11.2 Å². The number of aliphatic hydroxyl groups is 1. The maximum atomic E-state index is 11.1. The number of aromatic nitrogens is 2. The van der Waals surface area contributed by atoms with Crippen LogP contribution >= 0.6 is 11.6 Å². The van der Waals surface area contributed by atoms with Crippen LogP contribution < -0.4 is 15.0 Å². The first-order valence-corrected chi connectivity index (χ1v) is 15.9. The number of nitrogens with one attached hydrogen (secondary N) is 1. The maximum Gasteiger partial charge on any atom is 0.214 e. The number of halogens is 1. The number of benzene rings is 3. The summed E-state index contributed by atoms with van der Waals surface area (Å²) in [5.41, 5.74) is 7.37. The van der Waals surface area contributed by atoms with Gasteiger partial charge in [0.05, 0.1) is 24.2 Å². The Morgan fingerprint density at radius 3 is 2.34 bits per heavy atom. The Morgan fingerprint density at radius 2 is 1.70 bits per heavy atom. The lowest BCUT2D eigenvalue weighted by Gasteiger charge is -2.15. The van der Waals surface area contributed by atoms with Gasteiger partial charge in [-0.25, -0.2) is 4.98 Å². The van der Waals surface area contributed by atoms with Crippen LogP contribution in [0, 0.1) is 13.8 Å². The summed E-state index contributed by atoms with van der Waals surface area (Å²) in [6.45, 7) is 8.85. The SMILES string of the molecule is CC.CCl.CNc1ccc2nc(C)cn2c1.CO.COc1cc2c(c3c(C)cccc13)CCN2C=O.O=Cc1cc2ccccc2o1. The van der Waals surface area contributed by atoms with Gasteiger partial charge in [-0.05, 0) is 61.0 Å². The summed E-state index contributed by atoms with van der Waals surface area (Å²) >= 11 is 4.64. The van der Waals surface area contributed by atoms with Gasteiger partial charge >= 0.3 is 0 Å². The van der Waals surface area contributed by atoms with E-state index in [1.807, 2.05) is 93.1 Å². The van der Waals surface area contributed by atoms with Crippen molar-refractivity contribution < 1.29 is 23.8 Å². The third kappa shape index (κ3) is 9.34. The molecule has 0 spiro atoms. The van der Waals surface area contributed by atoms with Crippen LogP contribution in [0.25, 0.3) is 27.4 Å². The fraction of sp³-hybridized carbons (Fsp3) is 0.270. The molecule has 3 aromatic heterocycles. The largest absolute Gasteiger partial charge is 0.496 e. The molecule has 47 heavy (non-hydrogen) atoms. The van der Waals surface area contributed by atoms with E-state index in [1.54, 1.807) is 18.1 Å². The average molecular weight is 661 g/mol. The highest BCUT2D eigenvalue weighted by molar-refractivity contribution is 6.15. The molecule has 0 atom stereocenters. The Labute approximate surface area is 281 Å². The van der Waals surface area contributed by atoms with Crippen LogP contribution in [0.1, 0.15) is 41.2 Å². The second-order valence-electron chi connectivity index (χ2n) is 9.74. The van der Waals surface area contributed by atoms with E-state index < -0.39 is 0 Å². The number of anilines is 2. The molecule has 9 nitrogen and oxygen atoms in total. The number of aliphatic hydroxyl groups excluding tert-OH is 1. The quantitative estimate of drug-likeness (QED) is 0.145. The van der Waals surface area contributed by atoms with Crippen molar-refractivity contribution in [3.63, 3.8) is 0 Å². The Bertz CT molecular complexity index is 1830. The topological polar surface area (TPSA) is 109 Å². The van der Waals surface area contributed by atoms with E-state index in [1.165, 1.54) is 22.9 Å². The molecule has 10 heteroatoms. The molecule has 1 aliphatic heterocycles. The normalized spacial score (nSPS) is 10.7. The number of methoxy groups -OCH3 is 1. The molecular formula is C37H45ClN4O5. The molecule has 2 N–H and O–H groups in total. The Hall–Kier alpha value is -4.86. The molecule has 7 rings (SSSR count). The van der Waals surface area contributed by atoms with Gasteiger partial charge < -0.3 is 28.9 Å². The minimum absolute atomic E-state index is 0.381. The highest BCUT2D eigenvalue weighted by atomic mass is 35.5. The average Bonchev–Trinajstić information content (AvgIpc) is 3.86. The van der Waals surface area contributed by atoms with Crippen molar-refractivity contribution in [2.24, 2.45) is 0 Å². The number of carbonyl (C=O) groups excluding carboxylic acids is 2. The van der Waals surface area contributed by atoms with Crippen LogP contribution in [0.3, 0.4) is 0 Å². The third-order valence-electron chi connectivity index (χ3n) is 7.10. The third-order valence-corrected chi connectivity index (χ3v) is 7.10. The van der Waals surface area contributed by atoms with E-state index in [-0.39, 0.29) is 0 Å². The number of imidazole rings is 1. The molecule has 0 radical (unpaired) electrons. The zero-order valence-corrected chi connectivity index (χ0v) is 29.1. The van der Waals surface area contributed by atoms with Gasteiger partial charge in [-0.1, -0.05) is 50.2 Å². The predicted molar refractivity (Wildman–Crippen MR) is 195 cm³/mol. The smallest absolute Gasteiger partial charge is 0.214 e. The van der Waals surface area contributed by atoms with Crippen LogP contribution in [0.4, 0.5) is 11.4 Å². The first-order valence-electron chi connectivity index (χ1n) is 15.2. The summed E-state index contributed by atoms with van der Waals surface area (Å²) in [5.74, 6) is 1.22. The van der Waals surface area contributed by atoms with Crippen LogP contribution in [0.15, 0.2) is 83.5 Å². The number of hydrogen-bond acceptors (Lipinski definition) is 7. The van der Waals surface area contributed by atoms with Gasteiger partial charge in [0.2, 0.25) is 6.41 Å². The first kappa shape index (κ1) is 38.3. The van der Waals surface area contributed by atoms with E-state index in [9.17, 15) is 9.59 Å². The van der Waals surface area contributed by atoms with E-state index >= 15 is 0 Å². The summed E-state index contributed by atoms with van der Waals surface area (Å²) < 4.78 is 12.6. The van der Waals surface area contributed by atoms with Gasteiger partial charge in [0, 0.05) is 56.3 Å². The summed E-state index contributed by atoms with van der Waals surface area (Å²) in [7, 11) is 4.58. The molecule has 1 aliphatic rings. The highest BCUT2D eigenvalue weighted by Gasteiger charge is 2.23. The fourth-order valence-electron chi connectivity index (χ4n) is 5.16. The lowest BCUT2D eigenvalue weighted by molar-refractivity contribution is -0.107. The van der Waals surface area contributed by atoms with Crippen LogP contribution in [-0.4, -0.2) is 61.4 Å². The number of amides is 1. The van der Waals surface area contributed by atoms with Crippen molar-refractivity contribution in [2.45, 2.75) is 34.1 Å². The summed E-state index contributed by atoms with van der Waals surface area (Å²) in [6.07, 6.45) is 8.03. The van der Waals surface area contributed by atoms with Crippen molar-refractivity contribution in [1.82, 2.24) is 9.38 Å². The van der Waals surface area contributed by atoms with Gasteiger partial charge in [0.25, 0.3) is 0 Å². The number of pyridine rings is 1. The molecule has 4 heterocycles.